The van der Waals surface area contributed by atoms with E-state index in [4.69, 9.17) is 11.6 Å². The predicted octanol–water partition coefficient (Wildman–Crippen LogP) is 6.37. The summed E-state index contributed by atoms with van der Waals surface area (Å²) in [4.78, 5) is 9.29. The molecule has 0 amide bonds. The van der Waals surface area contributed by atoms with Gasteiger partial charge in [-0.2, -0.15) is 39.5 Å². The minimum atomic E-state index is -6.54. The third-order valence-electron chi connectivity index (χ3n) is 3.46. The van der Waals surface area contributed by atoms with Gasteiger partial charge in [0, 0.05) is 11.1 Å². The lowest BCUT2D eigenvalue weighted by Gasteiger charge is -2.31. The van der Waals surface area contributed by atoms with Gasteiger partial charge in [0.25, 0.3) is 11.2 Å². The van der Waals surface area contributed by atoms with E-state index in [1.165, 1.54) is 0 Å². The van der Waals surface area contributed by atoms with Gasteiger partial charge in [0.15, 0.2) is 5.17 Å². The quantitative estimate of drug-likeness (QED) is 0.297. The Labute approximate surface area is 167 Å². The Kier molecular flexibility index (Phi) is 5.99. The van der Waals surface area contributed by atoms with Gasteiger partial charge in [-0.25, -0.2) is 9.38 Å². The third-order valence-corrected chi connectivity index (χ3v) is 4.76. The van der Waals surface area contributed by atoms with E-state index in [0.29, 0.717) is 6.07 Å². The Morgan fingerprint density at radius 2 is 1.63 bits per heavy atom. The van der Waals surface area contributed by atoms with Gasteiger partial charge in [-0.3, -0.25) is 10.1 Å². The SMILES string of the molecule is O=[N+]([O-])c1cc(Cl)ccc1NC1=NC(C(F)(F)F)(C(F)(F)F)C(=C(F)C(F)(F)F)S1. The Bertz CT molecular complexity index is 925. The van der Waals surface area contributed by atoms with Gasteiger partial charge in [0.2, 0.25) is 5.83 Å². The molecule has 30 heavy (non-hydrogen) atoms. The van der Waals surface area contributed by atoms with Crippen LogP contribution in [0, 0.1) is 10.1 Å². The summed E-state index contributed by atoms with van der Waals surface area (Å²) in [6.45, 7) is 0. The highest BCUT2D eigenvalue weighted by Gasteiger charge is 2.77. The molecule has 0 aliphatic carbocycles. The summed E-state index contributed by atoms with van der Waals surface area (Å²) >= 11 is 4.56. The van der Waals surface area contributed by atoms with Crippen LogP contribution in [-0.4, -0.2) is 34.2 Å². The molecule has 1 N–H and O–H groups in total. The number of nitrogens with zero attached hydrogens (tertiary/aromatic N) is 2. The summed E-state index contributed by atoms with van der Waals surface area (Å²) in [6.07, 6.45) is -19.3. The van der Waals surface area contributed by atoms with Crippen LogP contribution < -0.4 is 5.32 Å². The highest BCUT2D eigenvalue weighted by atomic mass is 35.5. The number of thioether (sulfide) groups is 1. The molecule has 0 radical (unpaired) electrons. The van der Waals surface area contributed by atoms with Crippen molar-refractivity contribution in [2.75, 3.05) is 5.32 Å². The number of benzene rings is 1. The molecule has 2 rings (SSSR count). The van der Waals surface area contributed by atoms with Crippen LogP contribution in [0.25, 0.3) is 0 Å². The number of allylic oxidation sites excluding steroid dienone is 1. The van der Waals surface area contributed by atoms with Crippen molar-refractivity contribution in [1.29, 1.82) is 0 Å². The van der Waals surface area contributed by atoms with Crippen LogP contribution in [0.4, 0.5) is 55.3 Å². The molecule has 0 unspecified atom stereocenters. The second-order valence-electron chi connectivity index (χ2n) is 5.41. The lowest BCUT2D eigenvalue weighted by molar-refractivity contribution is -0.383. The molecule has 0 saturated heterocycles. The number of nitro groups is 1. The van der Waals surface area contributed by atoms with Gasteiger partial charge in [0.1, 0.15) is 5.69 Å². The fourth-order valence-corrected chi connectivity index (χ4v) is 3.54. The smallest absolute Gasteiger partial charge is 0.329 e. The van der Waals surface area contributed by atoms with Gasteiger partial charge in [-0.05, 0) is 12.1 Å². The maximum atomic E-state index is 13.7. The van der Waals surface area contributed by atoms with Crippen molar-refractivity contribution >= 4 is 39.9 Å². The van der Waals surface area contributed by atoms with Crippen molar-refractivity contribution in [2.45, 2.75) is 24.1 Å². The van der Waals surface area contributed by atoms with E-state index in [1.54, 1.807) is 5.32 Å². The molecule has 1 aliphatic heterocycles. The zero-order valence-electron chi connectivity index (χ0n) is 13.5. The molecule has 1 aromatic carbocycles. The molecule has 0 aromatic heterocycles. The van der Waals surface area contributed by atoms with Crippen LogP contribution in [0.15, 0.2) is 33.9 Å². The van der Waals surface area contributed by atoms with Gasteiger partial charge in [-0.15, -0.1) is 0 Å². The number of nitro benzene ring substituents is 1. The van der Waals surface area contributed by atoms with Crippen molar-refractivity contribution in [2.24, 2.45) is 4.99 Å². The van der Waals surface area contributed by atoms with Crippen molar-refractivity contribution in [1.82, 2.24) is 0 Å². The lowest BCUT2D eigenvalue weighted by atomic mass is 9.97. The summed E-state index contributed by atoms with van der Waals surface area (Å²) in [6, 6.07) is 2.37. The number of amidine groups is 1. The fraction of sp³-hybridized carbons (Fsp3) is 0.308. The fourth-order valence-electron chi connectivity index (χ4n) is 2.20. The second-order valence-corrected chi connectivity index (χ2v) is 6.84. The minimum Gasteiger partial charge on any atom is -0.329 e. The summed E-state index contributed by atoms with van der Waals surface area (Å²) in [5.41, 5.74) is -7.26. The highest BCUT2D eigenvalue weighted by Crippen LogP contribution is 2.59. The van der Waals surface area contributed by atoms with Gasteiger partial charge < -0.3 is 5.32 Å². The minimum absolute atomic E-state index is 0.239. The monoisotopic (exact) mass is 491 g/mol. The van der Waals surface area contributed by atoms with Gasteiger partial charge in [-0.1, -0.05) is 23.4 Å². The number of hydrogen-bond acceptors (Lipinski definition) is 5. The average Bonchev–Trinajstić information content (AvgIpc) is 2.95. The molecular formula is C13H4ClF10N3O2S. The number of rotatable bonds is 2. The van der Waals surface area contributed by atoms with Gasteiger partial charge in [0.05, 0.1) is 9.83 Å². The molecule has 1 aromatic rings. The maximum Gasteiger partial charge on any atom is 0.443 e. The van der Waals surface area contributed by atoms with Crippen LogP contribution in [0.2, 0.25) is 5.02 Å². The number of aliphatic imine (C=N–C) groups is 1. The zero-order valence-corrected chi connectivity index (χ0v) is 15.1. The molecule has 0 spiro atoms. The summed E-state index contributed by atoms with van der Waals surface area (Å²) in [5, 5.41) is 10.9. The summed E-state index contributed by atoms with van der Waals surface area (Å²) in [5.74, 6) is -3.66. The largest absolute Gasteiger partial charge is 0.443 e. The van der Waals surface area contributed by atoms with E-state index in [9.17, 15) is 54.0 Å². The topological polar surface area (TPSA) is 67.5 Å². The first kappa shape index (κ1) is 24.0. The van der Waals surface area contributed by atoms with Crippen molar-refractivity contribution in [3.05, 3.63) is 44.1 Å². The molecule has 17 heteroatoms. The van der Waals surface area contributed by atoms with Crippen LogP contribution in [-0.2, 0) is 0 Å². The molecule has 166 valence electrons. The average molecular weight is 492 g/mol. The number of halogens is 11. The Hall–Kier alpha value is -2.23. The van der Waals surface area contributed by atoms with E-state index in [1.807, 2.05) is 0 Å². The van der Waals surface area contributed by atoms with E-state index < -0.39 is 68.0 Å². The molecular weight excluding hydrogens is 488 g/mol. The van der Waals surface area contributed by atoms with E-state index >= 15 is 0 Å². The molecule has 1 heterocycles. The lowest BCUT2D eigenvalue weighted by Crippen LogP contribution is -2.55. The first-order valence-electron chi connectivity index (χ1n) is 7.01. The maximum absolute atomic E-state index is 13.7. The van der Waals surface area contributed by atoms with Crippen molar-refractivity contribution in [3.8, 4) is 0 Å². The van der Waals surface area contributed by atoms with Crippen molar-refractivity contribution < 1.29 is 48.8 Å². The summed E-state index contributed by atoms with van der Waals surface area (Å²) < 4.78 is 131. The molecule has 0 fully saturated rings. The number of anilines is 1. The zero-order chi connectivity index (χ0) is 23.3. The molecule has 5 nitrogen and oxygen atoms in total. The highest BCUT2D eigenvalue weighted by molar-refractivity contribution is 8.17. The molecule has 1 aliphatic rings. The van der Waals surface area contributed by atoms with Crippen LogP contribution >= 0.6 is 23.4 Å². The number of nitrogens with one attached hydrogen (secondary N) is 1. The number of hydrogen-bond donors (Lipinski definition) is 1. The van der Waals surface area contributed by atoms with Crippen LogP contribution in [0.5, 0.6) is 0 Å². The van der Waals surface area contributed by atoms with E-state index in [0.717, 1.165) is 12.1 Å². The first-order chi connectivity index (χ1) is 13.4. The number of alkyl halides is 9. The molecule has 0 atom stereocenters. The third kappa shape index (κ3) is 4.14. The first-order valence-corrected chi connectivity index (χ1v) is 8.21. The molecule has 0 saturated carbocycles. The summed E-state index contributed by atoms with van der Waals surface area (Å²) in [7, 11) is 0. The Morgan fingerprint density at radius 3 is 2.07 bits per heavy atom. The second kappa shape index (κ2) is 7.47. The van der Waals surface area contributed by atoms with Crippen LogP contribution in [0.3, 0.4) is 0 Å². The normalized spacial score (nSPS) is 18.8. The Morgan fingerprint density at radius 1 is 1.10 bits per heavy atom. The van der Waals surface area contributed by atoms with Crippen LogP contribution in [0.1, 0.15) is 0 Å². The van der Waals surface area contributed by atoms with E-state index in [-0.39, 0.29) is 5.02 Å². The Balaban J connectivity index is 2.72. The molecule has 0 bridgehead atoms. The predicted molar refractivity (Wildman–Crippen MR) is 85.8 cm³/mol. The van der Waals surface area contributed by atoms with Crippen molar-refractivity contribution in [3.63, 3.8) is 0 Å². The van der Waals surface area contributed by atoms with E-state index in [2.05, 4.69) is 4.99 Å². The standard InChI is InChI=1S/C13H4ClF10N3O2S/c14-4-1-2-5(6(3-4)27(28)29)25-9-26-10(12(19,20)21,13(22,23)24)8(30-9)7(15)11(16,17)18/h1-3H,(H,25,26). The van der Waals surface area contributed by atoms with Gasteiger partial charge >= 0.3 is 18.5 Å².